The summed E-state index contributed by atoms with van der Waals surface area (Å²) < 4.78 is 68.0. The molecular weight excluding hydrogens is 228 g/mol. The van der Waals surface area contributed by atoms with Crippen LogP contribution in [0.4, 0.5) is 0 Å². The van der Waals surface area contributed by atoms with Gasteiger partial charge in [0.05, 0.1) is 0 Å². The lowest BCUT2D eigenvalue weighted by atomic mass is 10.0. The second-order valence-corrected chi connectivity index (χ2v) is 3.08. The number of nitrogens with zero attached hydrogens (tertiary/aromatic N) is 2. The smallest absolute Gasteiger partial charge is 0.141 e. The van der Waals surface area contributed by atoms with Crippen LogP contribution in [0.15, 0.2) is 16.6 Å². The van der Waals surface area contributed by atoms with Crippen LogP contribution in [0.2, 0.25) is 0 Å². The fraction of sp³-hybridized carbons (Fsp3) is 0.400. The van der Waals surface area contributed by atoms with E-state index in [4.69, 9.17) is 17.6 Å². The van der Waals surface area contributed by atoms with Crippen LogP contribution in [0.1, 0.15) is 49.7 Å². The normalized spacial score (nSPS) is 27.8. The highest BCUT2D eigenvalue weighted by Gasteiger charge is 2.06. The van der Waals surface area contributed by atoms with Crippen molar-refractivity contribution in [3.8, 4) is 6.07 Å². The molecule has 13 heavy (non-hydrogen) atoms. The van der Waals surface area contributed by atoms with E-state index in [1.54, 1.807) is 6.07 Å². The van der Waals surface area contributed by atoms with Gasteiger partial charge in [-0.2, -0.15) is 5.26 Å². The Balaban J connectivity index is 3.77. The minimum absolute atomic E-state index is 0.191. The monoisotopic (exact) mass is 247 g/mol. The highest BCUT2D eigenvalue weighted by molar-refractivity contribution is 9.10. The Labute approximate surface area is 99.4 Å². The maximum atomic E-state index is 8.88. The van der Waals surface area contributed by atoms with Crippen molar-refractivity contribution in [1.29, 1.82) is 5.26 Å². The number of rotatable bonds is 2. The lowest BCUT2D eigenvalue weighted by Crippen LogP contribution is -1.97. The molecule has 2 nitrogen and oxygen atoms in total. The first-order valence-corrected chi connectivity index (χ1v) is 4.06. The summed E-state index contributed by atoms with van der Waals surface area (Å²) in [6, 6.07) is 3.93. The van der Waals surface area contributed by atoms with E-state index in [0.717, 1.165) is 6.07 Å². The predicted octanol–water partition coefficient (Wildman–Crippen LogP) is 3.23. The number of nitriles is 1. The molecule has 0 spiro atoms. The third-order valence-corrected chi connectivity index (χ3v) is 1.74. The second-order valence-electron chi connectivity index (χ2n) is 2.17. The van der Waals surface area contributed by atoms with Crippen molar-refractivity contribution < 1.29 is 12.3 Å². The van der Waals surface area contributed by atoms with Gasteiger partial charge in [0, 0.05) is 22.5 Å². The first kappa shape index (κ1) is 3.36. The molecule has 0 bridgehead atoms. The van der Waals surface area contributed by atoms with Gasteiger partial charge in [-0.05, 0) is 24.4 Å². The van der Waals surface area contributed by atoms with Gasteiger partial charge in [-0.3, -0.25) is 0 Å². The number of aromatic nitrogens is 1. The molecular formula is C10H11BrN2. The van der Waals surface area contributed by atoms with E-state index >= 15 is 0 Å². The van der Waals surface area contributed by atoms with Gasteiger partial charge in [0.25, 0.3) is 0 Å². The molecule has 3 heteroatoms. The van der Waals surface area contributed by atoms with E-state index in [9.17, 15) is 0 Å². The molecule has 1 aromatic rings. The molecule has 0 saturated carbocycles. The Hall–Kier alpha value is -0.880. The van der Waals surface area contributed by atoms with Crippen molar-refractivity contribution in [2.24, 2.45) is 0 Å². The zero-order valence-electron chi connectivity index (χ0n) is 15.4. The summed E-state index contributed by atoms with van der Waals surface area (Å²) in [5.41, 5.74) is -0.911. The van der Waals surface area contributed by atoms with Crippen LogP contribution in [0.5, 0.6) is 0 Å². The zero-order valence-corrected chi connectivity index (χ0v) is 8.01. The third kappa shape index (κ3) is 2.53. The molecule has 1 atom stereocenters. The van der Waals surface area contributed by atoms with E-state index in [1.807, 2.05) is 0 Å². The van der Waals surface area contributed by atoms with Gasteiger partial charge in [0.1, 0.15) is 11.8 Å². The van der Waals surface area contributed by atoms with Gasteiger partial charge in [-0.1, -0.05) is 29.6 Å². The lowest BCUT2D eigenvalue weighted by Gasteiger charge is -2.07. The molecule has 1 rings (SSSR count). The van der Waals surface area contributed by atoms with Gasteiger partial charge in [0.15, 0.2) is 0 Å². The van der Waals surface area contributed by atoms with Crippen LogP contribution >= 0.6 is 15.9 Å². The predicted molar refractivity (Wildman–Crippen MR) is 55.4 cm³/mol. The van der Waals surface area contributed by atoms with E-state index in [-0.39, 0.29) is 10.2 Å². The van der Waals surface area contributed by atoms with Gasteiger partial charge in [0.2, 0.25) is 0 Å². The second kappa shape index (κ2) is 4.38. The molecule has 1 heterocycles. The summed E-state index contributed by atoms with van der Waals surface area (Å²) in [7, 11) is 0. The number of hydrogen-bond donors (Lipinski definition) is 0. The Morgan fingerprint density at radius 1 is 1.92 bits per heavy atom. The largest absolute Gasteiger partial charge is 0.242 e. The van der Waals surface area contributed by atoms with Crippen LogP contribution in [0, 0.1) is 11.3 Å². The highest BCUT2D eigenvalue weighted by Crippen LogP contribution is 2.20. The Morgan fingerprint density at radius 2 is 2.77 bits per heavy atom. The standard InChI is InChI=1S/C10H11BrN2/c1-3-7(2)10-5-8(11)4-9(6-12)13-10/h4-5,7H,3H2,1-2H3/i1D3,2D3,3D2,7D. The summed E-state index contributed by atoms with van der Waals surface area (Å²) in [5.74, 6) is -3.18. The summed E-state index contributed by atoms with van der Waals surface area (Å²) in [4.78, 5) is 3.64. The average molecular weight is 248 g/mol. The summed E-state index contributed by atoms with van der Waals surface area (Å²) in [6.45, 7) is -6.70. The zero-order chi connectivity index (χ0) is 17.6. The van der Waals surface area contributed by atoms with E-state index in [0.29, 0.717) is 0 Å². The first-order chi connectivity index (χ1) is 9.68. The lowest BCUT2D eigenvalue weighted by molar-refractivity contribution is 0.706. The molecule has 0 aliphatic carbocycles. The molecule has 1 unspecified atom stereocenters. The molecule has 0 fully saturated rings. The first-order valence-electron chi connectivity index (χ1n) is 7.76. The van der Waals surface area contributed by atoms with Crippen LogP contribution in [0.3, 0.4) is 0 Å². The molecule has 0 amide bonds. The molecule has 0 radical (unpaired) electrons. The van der Waals surface area contributed by atoms with Crippen molar-refractivity contribution in [1.82, 2.24) is 4.98 Å². The number of hydrogen-bond acceptors (Lipinski definition) is 2. The fourth-order valence-electron chi connectivity index (χ4n) is 0.747. The topological polar surface area (TPSA) is 36.7 Å². The maximum absolute atomic E-state index is 8.88. The summed E-state index contributed by atoms with van der Waals surface area (Å²) in [5, 5.41) is 8.88. The van der Waals surface area contributed by atoms with E-state index in [2.05, 4.69) is 20.9 Å². The minimum Gasteiger partial charge on any atom is -0.242 e. The summed E-state index contributed by atoms with van der Waals surface area (Å²) in [6.07, 6.45) is -3.42. The average Bonchev–Trinajstić information content (AvgIpc) is 2.33. The quantitative estimate of drug-likeness (QED) is 0.805. The maximum Gasteiger partial charge on any atom is 0.141 e. The van der Waals surface area contributed by atoms with Gasteiger partial charge in [-0.15, -0.1) is 0 Å². The minimum atomic E-state index is -3.42. The molecule has 68 valence electrons. The van der Waals surface area contributed by atoms with Crippen molar-refractivity contribution in [3.63, 3.8) is 0 Å². The molecule has 1 aromatic heterocycles. The third-order valence-electron chi connectivity index (χ3n) is 1.29. The number of halogens is 1. The van der Waals surface area contributed by atoms with Crippen LogP contribution in [-0.4, -0.2) is 4.98 Å². The molecule has 0 aliphatic heterocycles. The Bertz CT molecular complexity index is 616. The van der Waals surface area contributed by atoms with Gasteiger partial charge >= 0.3 is 0 Å². The molecule has 0 N–H and O–H groups in total. The SMILES string of the molecule is [2H]C([2H])([2H])C([2H])([2H])C([2H])(c1cc(Br)cc(C#N)n1)C([2H])([2H])[2H]. The van der Waals surface area contributed by atoms with Crippen molar-refractivity contribution in [2.75, 3.05) is 0 Å². The van der Waals surface area contributed by atoms with Crippen LogP contribution in [0.25, 0.3) is 0 Å². The van der Waals surface area contributed by atoms with Crippen molar-refractivity contribution >= 4 is 15.9 Å². The molecule has 0 aliphatic rings. The Morgan fingerprint density at radius 3 is 3.38 bits per heavy atom. The van der Waals surface area contributed by atoms with Gasteiger partial charge < -0.3 is 0 Å². The molecule has 0 saturated heterocycles. The highest BCUT2D eigenvalue weighted by atomic mass is 79.9. The molecule has 0 aromatic carbocycles. The van der Waals surface area contributed by atoms with Crippen molar-refractivity contribution in [2.45, 2.75) is 26.0 Å². The van der Waals surface area contributed by atoms with E-state index in [1.165, 1.54) is 6.07 Å². The van der Waals surface area contributed by atoms with Crippen molar-refractivity contribution in [3.05, 3.63) is 28.0 Å². The van der Waals surface area contributed by atoms with Gasteiger partial charge in [-0.25, -0.2) is 4.98 Å². The summed E-state index contributed by atoms with van der Waals surface area (Å²) >= 11 is 3.01. The van der Waals surface area contributed by atoms with Crippen LogP contribution in [-0.2, 0) is 0 Å². The van der Waals surface area contributed by atoms with Crippen LogP contribution < -0.4 is 0 Å². The van der Waals surface area contributed by atoms with E-state index < -0.39 is 31.7 Å². The fourth-order valence-corrected chi connectivity index (χ4v) is 1.18. The number of pyridine rings is 1. The Kier molecular flexibility index (Phi) is 1.13.